The first-order chi connectivity index (χ1) is 12.0. The average molecular weight is 384 g/mol. The molecule has 2 amide bonds. The topological polar surface area (TPSA) is 98.3 Å². The van der Waals surface area contributed by atoms with Crippen LogP contribution in [-0.2, 0) is 10.1 Å². The quantitative estimate of drug-likeness (QED) is 0.361. The third kappa shape index (κ3) is 8.33. The van der Waals surface area contributed by atoms with Crippen LogP contribution in [0.5, 0.6) is 0 Å². The Morgan fingerprint density at radius 3 is 1.88 bits per heavy atom. The Morgan fingerprint density at radius 1 is 0.923 bits per heavy atom. The fraction of sp³-hybridized carbons (Fsp3) is 0.278. The van der Waals surface area contributed by atoms with Crippen LogP contribution in [0.3, 0.4) is 0 Å². The molecule has 0 atom stereocenters. The molecule has 0 aliphatic carbocycles. The van der Waals surface area contributed by atoms with Crippen LogP contribution in [0, 0.1) is 0 Å². The third-order valence-corrected chi connectivity index (χ3v) is 4.44. The van der Waals surface area contributed by atoms with Crippen molar-refractivity contribution in [3.8, 4) is 0 Å². The van der Waals surface area contributed by atoms with Crippen LogP contribution in [-0.4, -0.2) is 31.3 Å². The molecule has 0 aliphatic rings. The van der Waals surface area contributed by atoms with Crippen LogP contribution in [0.4, 0.5) is 4.79 Å². The van der Waals surface area contributed by atoms with Crippen molar-refractivity contribution in [3.63, 3.8) is 0 Å². The molecule has 26 heavy (non-hydrogen) atoms. The van der Waals surface area contributed by atoms with E-state index in [0.29, 0.717) is 13.0 Å². The van der Waals surface area contributed by atoms with Gasteiger partial charge in [0.25, 0.3) is 0 Å². The zero-order valence-electron chi connectivity index (χ0n) is 14.7. The maximum atomic E-state index is 12.2. The second kappa shape index (κ2) is 11.4. The summed E-state index contributed by atoms with van der Waals surface area (Å²) in [6, 6.07) is 18.6. The summed E-state index contributed by atoms with van der Waals surface area (Å²) in [5.74, 6) is -0.410. The summed E-state index contributed by atoms with van der Waals surface area (Å²) in [5, 5.41) is 5.62. The minimum atomic E-state index is -4.19. The van der Waals surface area contributed by atoms with E-state index in [1.165, 1.54) is 0 Å². The molecule has 0 saturated heterocycles. The predicted molar refractivity (Wildman–Crippen MR) is 95.1 cm³/mol. The van der Waals surface area contributed by atoms with E-state index in [0.717, 1.165) is 11.1 Å². The van der Waals surface area contributed by atoms with Gasteiger partial charge in [0.1, 0.15) is 0 Å². The fourth-order valence-corrected chi connectivity index (χ4v) is 3.00. The number of benzene rings is 2. The van der Waals surface area contributed by atoms with E-state index in [-0.39, 0.29) is 48.1 Å². The Morgan fingerprint density at radius 2 is 1.42 bits per heavy atom. The van der Waals surface area contributed by atoms with Crippen LogP contribution < -0.4 is 40.2 Å². The number of hydrogen-bond acceptors (Lipinski definition) is 4. The van der Waals surface area contributed by atoms with Gasteiger partial charge in [-0.05, 0) is 24.0 Å². The normalized spacial score (nSPS) is 10.8. The van der Waals surface area contributed by atoms with Crippen molar-refractivity contribution in [2.45, 2.75) is 18.9 Å². The number of hydrogen-bond donors (Lipinski definition) is 2. The van der Waals surface area contributed by atoms with Crippen LogP contribution in [0.2, 0.25) is 0 Å². The summed E-state index contributed by atoms with van der Waals surface area (Å²) in [7, 11) is -4.19. The van der Waals surface area contributed by atoms with Crippen LogP contribution in [0.25, 0.3) is 0 Å². The van der Waals surface area contributed by atoms with Crippen molar-refractivity contribution in [2.75, 3.05) is 12.3 Å². The van der Waals surface area contributed by atoms with Gasteiger partial charge in [-0.3, -0.25) is 0 Å². The monoisotopic (exact) mass is 384 g/mol. The zero-order chi connectivity index (χ0) is 18.1. The van der Waals surface area contributed by atoms with E-state index in [1.54, 1.807) is 0 Å². The van der Waals surface area contributed by atoms with Crippen molar-refractivity contribution in [1.82, 2.24) is 10.6 Å². The van der Waals surface area contributed by atoms with Crippen molar-refractivity contribution in [2.24, 2.45) is 0 Å². The van der Waals surface area contributed by atoms with Crippen molar-refractivity contribution >= 4 is 16.1 Å². The molecule has 2 rings (SSSR count). The van der Waals surface area contributed by atoms with Gasteiger partial charge < -0.3 is 15.2 Å². The van der Waals surface area contributed by atoms with Crippen molar-refractivity contribution < 1.29 is 47.3 Å². The van der Waals surface area contributed by atoms with Crippen LogP contribution in [0.15, 0.2) is 60.7 Å². The van der Waals surface area contributed by atoms with Gasteiger partial charge in [-0.25, -0.2) is 13.2 Å². The van der Waals surface area contributed by atoms with Gasteiger partial charge in [-0.15, -0.1) is 0 Å². The Kier molecular flexibility index (Phi) is 9.90. The second-order valence-electron chi connectivity index (χ2n) is 5.62. The number of rotatable bonds is 8. The van der Waals surface area contributed by atoms with E-state index in [1.807, 2.05) is 60.7 Å². The molecule has 0 spiro atoms. The molecule has 6 nitrogen and oxygen atoms in total. The summed E-state index contributed by atoms with van der Waals surface area (Å²) >= 11 is 0. The van der Waals surface area contributed by atoms with Gasteiger partial charge in [0.05, 0.1) is 16.2 Å². The maximum Gasteiger partial charge on any atom is 1.00 e. The summed E-state index contributed by atoms with van der Waals surface area (Å²) in [6.45, 7) is 0.303. The first-order valence-electron chi connectivity index (χ1n) is 8.03. The largest absolute Gasteiger partial charge is 1.00 e. The third-order valence-electron chi connectivity index (χ3n) is 3.65. The molecular formula is C18H21N2NaO4S. The minimum absolute atomic E-state index is 0. The number of amides is 2. The molecule has 134 valence electrons. The fourth-order valence-electron chi connectivity index (χ4n) is 2.44. The number of urea groups is 1. The maximum absolute atomic E-state index is 12.2. The number of nitrogens with one attached hydrogen (secondary N) is 2. The first kappa shape index (κ1) is 22.7. The first-order valence-corrected chi connectivity index (χ1v) is 9.61. The minimum Gasteiger partial charge on any atom is -0.748 e. The molecule has 0 bridgehead atoms. The smallest absolute Gasteiger partial charge is 0.748 e. The summed E-state index contributed by atoms with van der Waals surface area (Å²) in [4.78, 5) is 12.2. The molecule has 0 heterocycles. The van der Waals surface area contributed by atoms with Gasteiger partial charge in [-0.2, -0.15) is 0 Å². The standard InChI is InChI=1S/C18H22N2O4S.Na/c21-18(19-13-7-8-14-25(22,23)24)20-17(15-9-3-1-4-10-15)16-11-5-2-6-12-16;/h1-6,9-12,17H,7-8,13-14H2,(H2,19,20,21)(H,22,23,24);/q;+1/p-1. The van der Waals surface area contributed by atoms with Crippen LogP contribution in [0.1, 0.15) is 30.0 Å². The Labute approximate surface area is 176 Å². The van der Waals surface area contributed by atoms with Gasteiger partial charge in [-0.1, -0.05) is 60.7 Å². The molecule has 0 fully saturated rings. The van der Waals surface area contributed by atoms with Gasteiger partial charge in [0.2, 0.25) is 0 Å². The molecule has 2 aromatic carbocycles. The van der Waals surface area contributed by atoms with E-state index in [9.17, 15) is 17.8 Å². The van der Waals surface area contributed by atoms with Crippen molar-refractivity contribution in [3.05, 3.63) is 71.8 Å². The Hall–Kier alpha value is -1.38. The van der Waals surface area contributed by atoms with Gasteiger partial charge in [0, 0.05) is 12.3 Å². The van der Waals surface area contributed by atoms with Crippen molar-refractivity contribution in [1.29, 1.82) is 0 Å². The Bertz CT molecular complexity index is 731. The second-order valence-corrected chi connectivity index (χ2v) is 7.15. The predicted octanol–water partition coefficient (Wildman–Crippen LogP) is -0.595. The van der Waals surface area contributed by atoms with Gasteiger partial charge in [0.15, 0.2) is 0 Å². The number of carbonyl (C=O) groups excluding carboxylic acids is 1. The molecule has 2 aromatic rings. The van der Waals surface area contributed by atoms with Crippen LogP contribution >= 0.6 is 0 Å². The van der Waals surface area contributed by atoms with Gasteiger partial charge >= 0.3 is 35.6 Å². The molecule has 2 N–H and O–H groups in total. The van der Waals surface area contributed by atoms with E-state index in [4.69, 9.17) is 0 Å². The summed E-state index contributed by atoms with van der Waals surface area (Å²) < 4.78 is 31.6. The molecule has 8 heteroatoms. The van der Waals surface area contributed by atoms with E-state index >= 15 is 0 Å². The van der Waals surface area contributed by atoms with E-state index in [2.05, 4.69) is 10.6 Å². The molecular weight excluding hydrogens is 363 g/mol. The molecule has 0 aromatic heterocycles. The molecule has 0 radical (unpaired) electrons. The molecule has 0 saturated carbocycles. The average Bonchev–Trinajstić information content (AvgIpc) is 2.60. The summed E-state index contributed by atoms with van der Waals surface area (Å²) in [5.41, 5.74) is 1.92. The number of unbranched alkanes of at least 4 members (excludes halogenated alkanes) is 1. The van der Waals surface area contributed by atoms with E-state index < -0.39 is 15.9 Å². The SMILES string of the molecule is O=C(NCCCCS(=O)(=O)[O-])NC(c1ccccc1)c1ccccc1.[Na+]. The zero-order valence-corrected chi connectivity index (χ0v) is 17.5. The number of carbonyl (C=O) groups is 1. The Balaban J connectivity index is 0.00000338. The molecule has 0 aliphatic heterocycles. The molecule has 0 unspecified atom stereocenters. The summed E-state index contributed by atoms with van der Waals surface area (Å²) in [6.07, 6.45) is 0.656.